The number of hydrogen-bond donors (Lipinski definition) is 2. The SMILES string of the molecule is Cc1ccccc1NC(=S)Nc1ccc2c(c1)OCO2. The second-order valence-corrected chi connectivity index (χ2v) is 4.87. The minimum Gasteiger partial charge on any atom is -0.454 e. The van der Waals surface area contributed by atoms with Gasteiger partial charge in [0.05, 0.1) is 0 Å². The maximum Gasteiger partial charge on any atom is 0.231 e. The number of para-hydroxylation sites is 1. The monoisotopic (exact) mass is 286 g/mol. The molecule has 1 aliphatic heterocycles. The van der Waals surface area contributed by atoms with Crippen molar-refractivity contribution in [3.05, 3.63) is 48.0 Å². The van der Waals surface area contributed by atoms with Crippen LogP contribution in [0.1, 0.15) is 5.56 Å². The van der Waals surface area contributed by atoms with Crippen LogP contribution in [0.4, 0.5) is 11.4 Å². The Morgan fingerprint density at radius 2 is 1.85 bits per heavy atom. The average Bonchev–Trinajstić information content (AvgIpc) is 2.89. The van der Waals surface area contributed by atoms with Crippen molar-refractivity contribution >= 4 is 28.7 Å². The minimum absolute atomic E-state index is 0.269. The Morgan fingerprint density at radius 1 is 1.05 bits per heavy atom. The Bertz CT molecular complexity index is 658. The Morgan fingerprint density at radius 3 is 2.70 bits per heavy atom. The van der Waals surface area contributed by atoms with E-state index in [0.717, 1.165) is 28.4 Å². The summed E-state index contributed by atoms with van der Waals surface area (Å²) in [5, 5.41) is 6.85. The van der Waals surface area contributed by atoms with Crippen molar-refractivity contribution in [2.45, 2.75) is 6.92 Å². The van der Waals surface area contributed by atoms with Crippen molar-refractivity contribution < 1.29 is 9.47 Å². The lowest BCUT2D eigenvalue weighted by Gasteiger charge is -2.12. The Labute approximate surface area is 122 Å². The molecule has 0 unspecified atom stereocenters. The van der Waals surface area contributed by atoms with Crippen LogP contribution >= 0.6 is 12.2 Å². The summed E-state index contributed by atoms with van der Waals surface area (Å²) in [6.07, 6.45) is 0. The zero-order chi connectivity index (χ0) is 13.9. The van der Waals surface area contributed by atoms with E-state index >= 15 is 0 Å². The topological polar surface area (TPSA) is 42.5 Å². The van der Waals surface area contributed by atoms with Gasteiger partial charge in [0.2, 0.25) is 6.79 Å². The lowest BCUT2D eigenvalue weighted by atomic mass is 10.2. The van der Waals surface area contributed by atoms with E-state index in [-0.39, 0.29) is 6.79 Å². The molecule has 0 bridgehead atoms. The van der Waals surface area contributed by atoms with E-state index in [2.05, 4.69) is 10.6 Å². The van der Waals surface area contributed by atoms with Crippen molar-refractivity contribution in [1.29, 1.82) is 0 Å². The molecule has 1 aliphatic rings. The van der Waals surface area contributed by atoms with Crippen LogP contribution in [0, 0.1) is 6.92 Å². The Hall–Kier alpha value is -2.27. The molecule has 5 heteroatoms. The zero-order valence-corrected chi connectivity index (χ0v) is 11.8. The van der Waals surface area contributed by atoms with Crippen LogP contribution in [0.25, 0.3) is 0 Å². The maximum atomic E-state index is 5.33. The molecule has 0 atom stereocenters. The van der Waals surface area contributed by atoms with E-state index < -0.39 is 0 Å². The summed E-state index contributed by atoms with van der Waals surface area (Å²) in [5.74, 6) is 1.49. The van der Waals surface area contributed by atoms with Crippen molar-refractivity contribution in [2.24, 2.45) is 0 Å². The molecule has 0 spiro atoms. The summed E-state index contributed by atoms with van der Waals surface area (Å²) in [6.45, 7) is 2.30. The molecular weight excluding hydrogens is 272 g/mol. The summed E-state index contributed by atoms with van der Waals surface area (Å²) < 4.78 is 10.6. The van der Waals surface area contributed by atoms with Crippen molar-refractivity contribution in [3.63, 3.8) is 0 Å². The molecule has 4 nitrogen and oxygen atoms in total. The van der Waals surface area contributed by atoms with Gasteiger partial charge in [-0.05, 0) is 42.9 Å². The van der Waals surface area contributed by atoms with Gasteiger partial charge in [0.15, 0.2) is 16.6 Å². The highest BCUT2D eigenvalue weighted by Crippen LogP contribution is 2.34. The second-order valence-electron chi connectivity index (χ2n) is 4.46. The summed E-state index contributed by atoms with van der Waals surface area (Å²) in [4.78, 5) is 0. The van der Waals surface area contributed by atoms with Gasteiger partial charge in [-0.2, -0.15) is 0 Å². The van der Waals surface area contributed by atoms with E-state index in [0.29, 0.717) is 5.11 Å². The molecular formula is C15H14N2O2S. The average molecular weight is 286 g/mol. The molecule has 20 heavy (non-hydrogen) atoms. The van der Waals surface area contributed by atoms with Crippen LogP contribution < -0.4 is 20.1 Å². The van der Waals surface area contributed by atoms with E-state index in [1.54, 1.807) is 0 Å². The number of aryl methyl sites for hydroxylation is 1. The van der Waals surface area contributed by atoms with E-state index in [1.807, 2.05) is 49.4 Å². The van der Waals surface area contributed by atoms with Crippen molar-refractivity contribution in [3.8, 4) is 11.5 Å². The van der Waals surface area contributed by atoms with Gasteiger partial charge >= 0.3 is 0 Å². The molecule has 0 radical (unpaired) electrons. The molecule has 0 aliphatic carbocycles. The van der Waals surface area contributed by atoms with Gasteiger partial charge in [-0.3, -0.25) is 0 Å². The number of hydrogen-bond acceptors (Lipinski definition) is 3. The second kappa shape index (κ2) is 5.38. The molecule has 1 heterocycles. The number of thiocarbonyl (C=S) groups is 1. The van der Waals surface area contributed by atoms with Gasteiger partial charge in [0, 0.05) is 17.4 Å². The fourth-order valence-electron chi connectivity index (χ4n) is 1.97. The largest absolute Gasteiger partial charge is 0.454 e. The summed E-state index contributed by atoms with van der Waals surface area (Å²) in [5.41, 5.74) is 2.99. The molecule has 0 aromatic heterocycles. The first-order valence-corrected chi connectivity index (χ1v) is 6.66. The Kier molecular flexibility index (Phi) is 3.43. The van der Waals surface area contributed by atoms with Crippen LogP contribution in [0.3, 0.4) is 0 Å². The highest BCUT2D eigenvalue weighted by atomic mass is 32.1. The van der Waals surface area contributed by atoms with Crippen LogP contribution in [-0.2, 0) is 0 Å². The summed E-state index contributed by atoms with van der Waals surface area (Å²) >= 11 is 5.31. The third kappa shape index (κ3) is 2.67. The lowest BCUT2D eigenvalue weighted by Crippen LogP contribution is -2.19. The molecule has 0 fully saturated rings. The van der Waals surface area contributed by atoms with Gasteiger partial charge < -0.3 is 20.1 Å². The number of ether oxygens (including phenoxy) is 2. The molecule has 0 amide bonds. The number of fused-ring (bicyclic) bond motifs is 1. The first-order chi connectivity index (χ1) is 9.72. The molecule has 2 N–H and O–H groups in total. The van der Waals surface area contributed by atoms with E-state index in [9.17, 15) is 0 Å². The standard InChI is InChI=1S/C15H14N2O2S/c1-10-4-2-3-5-12(10)17-15(20)16-11-6-7-13-14(8-11)19-9-18-13/h2-8H,9H2,1H3,(H2,16,17,20). The fourth-order valence-corrected chi connectivity index (χ4v) is 2.20. The zero-order valence-electron chi connectivity index (χ0n) is 11.0. The highest BCUT2D eigenvalue weighted by Gasteiger charge is 2.13. The van der Waals surface area contributed by atoms with Crippen molar-refractivity contribution in [2.75, 3.05) is 17.4 Å². The van der Waals surface area contributed by atoms with Gasteiger partial charge in [0.25, 0.3) is 0 Å². The third-order valence-electron chi connectivity index (χ3n) is 3.02. The molecule has 0 saturated heterocycles. The molecule has 2 aromatic rings. The number of benzene rings is 2. The number of anilines is 2. The number of nitrogens with one attached hydrogen (secondary N) is 2. The third-order valence-corrected chi connectivity index (χ3v) is 3.23. The lowest BCUT2D eigenvalue weighted by molar-refractivity contribution is 0.174. The summed E-state index contributed by atoms with van der Waals surface area (Å²) in [7, 11) is 0. The van der Waals surface area contributed by atoms with Gasteiger partial charge in [-0.15, -0.1) is 0 Å². The summed E-state index contributed by atoms with van der Waals surface area (Å²) in [6, 6.07) is 13.6. The van der Waals surface area contributed by atoms with Crippen LogP contribution in [0.2, 0.25) is 0 Å². The smallest absolute Gasteiger partial charge is 0.231 e. The number of rotatable bonds is 2. The van der Waals surface area contributed by atoms with Crippen LogP contribution in [0.5, 0.6) is 11.5 Å². The van der Waals surface area contributed by atoms with Gasteiger partial charge in [-0.1, -0.05) is 18.2 Å². The molecule has 102 valence electrons. The predicted molar refractivity (Wildman–Crippen MR) is 83.6 cm³/mol. The normalized spacial score (nSPS) is 12.1. The highest BCUT2D eigenvalue weighted by molar-refractivity contribution is 7.80. The molecule has 3 rings (SSSR count). The predicted octanol–water partition coefficient (Wildman–Crippen LogP) is 3.53. The van der Waals surface area contributed by atoms with Gasteiger partial charge in [-0.25, -0.2) is 0 Å². The molecule has 0 saturated carbocycles. The van der Waals surface area contributed by atoms with Crippen LogP contribution in [0.15, 0.2) is 42.5 Å². The minimum atomic E-state index is 0.269. The Balaban J connectivity index is 1.69. The first-order valence-electron chi connectivity index (χ1n) is 6.26. The van der Waals surface area contributed by atoms with E-state index in [1.165, 1.54) is 0 Å². The van der Waals surface area contributed by atoms with Crippen molar-refractivity contribution in [1.82, 2.24) is 0 Å². The van der Waals surface area contributed by atoms with Gasteiger partial charge in [0.1, 0.15) is 0 Å². The first kappa shape index (κ1) is 12.7. The van der Waals surface area contributed by atoms with Crippen LogP contribution in [-0.4, -0.2) is 11.9 Å². The quantitative estimate of drug-likeness (QED) is 0.827. The maximum absolute atomic E-state index is 5.33. The fraction of sp³-hybridized carbons (Fsp3) is 0.133. The molecule has 2 aromatic carbocycles. The van der Waals surface area contributed by atoms with E-state index in [4.69, 9.17) is 21.7 Å².